The molecule has 1 atom stereocenters. The average Bonchev–Trinajstić information content (AvgIpc) is 2.36. The summed E-state index contributed by atoms with van der Waals surface area (Å²) in [6.45, 7) is 6.35. The molecular formula is C14H22ClNO. The standard InChI is InChI=1S/C14H22ClNO/c1-5-12(6-2)17-14-8-7-11(9-13(14)15)10(3)16-4/h7-10,12,16H,5-6H2,1-4H3. The van der Waals surface area contributed by atoms with Gasteiger partial charge in [0.05, 0.1) is 11.1 Å². The van der Waals surface area contributed by atoms with Crippen LogP contribution in [-0.2, 0) is 0 Å². The second kappa shape index (κ2) is 6.87. The largest absolute Gasteiger partial charge is 0.489 e. The molecule has 0 saturated carbocycles. The Morgan fingerprint density at radius 3 is 2.41 bits per heavy atom. The number of hydrogen-bond acceptors (Lipinski definition) is 2. The lowest BCUT2D eigenvalue weighted by atomic mass is 10.1. The van der Waals surface area contributed by atoms with Gasteiger partial charge in [-0.05, 0) is 44.5 Å². The first-order chi connectivity index (χ1) is 8.12. The molecule has 0 aliphatic carbocycles. The Morgan fingerprint density at radius 1 is 1.29 bits per heavy atom. The van der Waals surface area contributed by atoms with E-state index in [9.17, 15) is 0 Å². The predicted molar refractivity (Wildman–Crippen MR) is 73.9 cm³/mol. The zero-order valence-corrected chi connectivity index (χ0v) is 11.8. The fourth-order valence-corrected chi connectivity index (χ4v) is 1.92. The van der Waals surface area contributed by atoms with Crippen LogP contribution in [0.25, 0.3) is 0 Å². The molecule has 0 saturated heterocycles. The lowest BCUT2D eigenvalue weighted by Crippen LogP contribution is -2.15. The van der Waals surface area contributed by atoms with Crippen molar-refractivity contribution in [1.29, 1.82) is 0 Å². The molecule has 0 heterocycles. The number of nitrogens with one attached hydrogen (secondary N) is 1. The van der Waals surface area contributed by atoms with E-state index < -0.39 is 0 Å². The van der Waals surface area contributed by atoms with E-state index in [-0.39, 0.29) is 6.10 Å². The van der Waals surface area contributed by atoms with Crippen molar-refractivity contribution < 1.29 is 4.74 Å². The van der Waals surface area contributed by atoms with E-state index in [0.717, 1.165) is 18.6 Å². The Bertz CT molecular complexity index is 350. The third kappa shape index (κ3) is 3.90. The first-order valence-corrected chi connectivity index (χ1v) is 6.63. The lowest BCUT2D eigenvalue weighted by Gasteiger charge is -2.18. The Kier molecular flexibility index (Phi) is 5.79. The maximum atomic E-state index is 6.24. The van der Waals surface area contributed by atoms with Gasteiger partial charge in [-0.3, -0.25) is 0 Å². The van der Waals surface area contributed by atoms with E-state index in [4.69, 9.17) is 16.3 Å². The molecule has 0 amide bonds. The summed E-state index contributed by atoms with van der Waals surface area (Å²) < 4.78 is 5.86. The molecule has 0 aliphatic rings. The van der Waals surface area contributed by atoms with Gasteiger partial charge in [0.25, 0.3) is 0 Å². The molecule has 0 radical (unpaired) electrons. The highest BCUT2D eigenvalue weighted by Gasteiger charge is 2.10. The van der Waals surface area contributed by atoms with Crippen LogP contribution in [0.4, 0.5) is 0 Å². The molecule has 0 bridgehead atoms. The normalized spacial score (nSPS) is 12.8. The van der Waals surface area contributed by atoms with Crippen LogP contribution in [-0.4, -0.2) is 13.2 Å². The van der Waals surface area contributed by atoms with Gasteiger partial charge in [0.2, 0.25) is 0 Å². The Morgan fingerprint density at radius 2 is 1.94 bits per heavy atom. The van der Waals surface area contributed by atoms with E-state index in [2.05, 4.69) is 32.2 Å². The van der Waals surface area contributed by atoms with Crippen LogP contribution in [0.3, 0.4) is 0 Å². The molecule has 1 N–H and O–H groups in total. The van der Waals surface area contributed by atoms with Crippen molar-refractivity contribution in [3.05, 3.63) is 28.8 Å². The maximum Gasteiger partial charge on any atom is 0.138 e. The number of hydrogen-bond donors (Lipinski definition) is 1. The molecule has 2 nitrogen and oxygen atoms in total. The van der Waals surface area contributed by atoms with E-state index in [1.54, 1.807) is 0 Å². The molecule has 0 aromatic heterocycles. The predicted octanol–water partition coefficient (Wildman–Crippen LogP) is 4.19. The van der Waals surface area contributed by atoms with E-state index in [1.165, 1.54) is 5.56 Å². The van der Waals surface area contributed by atoms with Crippen LogP contribution >= 0.6 is 11.6 Å². The lowest BCUT2D eigenvalue weighted by molar-refractivity contribution is 0.193. The van der Waals surface area contributed by atoms with E-state index >= 15 is 0 Å². The van der Waals surface area contributed by atoms with Gasteiger partial charge in [-0.25, -0.2) is 0 Å². The summed E-state index contributed by atoms with van der Waals surface area (Å²) in [5, 5.41) is 3.88. The van der Waals surface area contributed by atoms with Gasteiger partial charge in [-0.2, -0.15) is 0 Å². The summed E-state index contributed by atoms with van der Waals surface area (Å²) >= 11 is 6.24. The van der Waals surface area contributed by atoms with Crippen LogP contribution in [0.5, 0.6) is 5.75 Å². The maximum absolute atomic E-state index is 6.24. The van der Waals surface area contributed by atoms with Crippen molar-refractivity contribution in [3.8, 4) is 5.75 Å². The Labute approximate surface area is 109 Å². The average molecular weight is 256 g/mol. The molecule has 17 heavy (non-hydrogen) atoms. The molecule has 0 aliphatic heterocycles. The van der Waals surface area contributed by atoms with Gasteiger partial charge in [0.15, 0.2) is 0 Å². The minimum atomic E-state index is 0.250. The molecule has 1 unspecified atom stereocenters. The third-order valence-electron chi connectivity index (χ3n) is 3.09. The first kappa shape index (κ1) is 14.3. The van der Waals surface area contributed by atoms with E-state index in [0.29, 0.717) is 11.1 Å². The Balaban J connectivity index is 2.82. The molecule has 3 heteroatoms. The summed E-state index contributed by atoms with van der Waals surface area (Å²) in [4.78, 5) is 0. The summed E-state index contributed by atoms with van der Waals surface area (Å²) in [6.07, 6.45) is 2.25. The van der Waals surface area contributed by atoms with Gasteiger partial charge in [0, 0.05) is 6.04 Å². The number of ether oxygens (including phenoxy) is 1. The van der Waals surface area contributed by atoms with Crippen LogP contribution in [0.1, 0.15) is 45.2 Å². The van der Waals surface area contributed by atoms with Crippen molar-refractivity contribution in [1.82, 2.24) is 5.32 Å². The Hall–Kier alpha value is -0.730. The summed E-state index contributed by atoms with van der Waals surface area (Å²) in [6, 6.07) is 6.30. The fourth-order valence-electron chi connectivity index (χ4n) is 1.68. The van der Waals surface area contributed by atoms with Gasteiger partial charge >= 0.3 is 0 Å². The summed E-state index contributed by atoms with van der Waals surface area (Å²) in [5.74, 6) is 0.785. The highest BCUT2D eigenvalue weighted by molar-refractivity contribution is 6.32. The number of rotatable bonds is 6. The monoisotopic (exact) mass is 255 g/mol. The van der Waals surface area contributed by atoms with Gasteiger partial charge in [-0.1, -0.05) is 31.5 Å². The van der Waals surface area contributed by atoms with Gasteiger partial charge in [0.1, 0.15) is 5.75 Å². The molecular weight excluding hydrogens is 234 g/mol. The zero-order chi connectivity index (χ0) is 12.8. The van der Waals surface area contributed by atoms with Gasteiger partial charge < -0.3 is 10.1 Å². The molecule has 1 aromatic carbocycles. The molecule has 1 rings (SSSR count). The van der Waals surface area contributed by atoms with Crippen LogP contribution < -0.4 is 10.1 Å². The van der Waals surface area contributed by atoms with Crippen molar-refractivity contribution >= 4 is 11.6 Å². The van der Waals surface area contributed by atoms with Crippen LogP contribution in [0.15, 0.2) is 18.2 Å². The second-order valence-corrected chi connectivity index (χ2v) is 4.66. The minimum Gasteiger partial charge on any atom is -0.489 e. The molecule has 1 aromatic rings. The fraction of sp³-hybridized carbons (Fsp3) is 0.571. The smallest absolute Gasteiger partial charge is 0.138 e. The molecule has 96 valence electrons. The van der Waals surface area contributed by atoms with Crippen LogP contribution in [0, 0.1) is 0 Å². The highest BCUT2D eigenvalue weighted by atomic mass is 35.5. The van der Waals surface area contributed by atoms with Crippen molar-refractivity contribution in [2.45, 2.75) is 45.8 Å². The van der Waals surface area contributed by atoms with Gasteiger partial charge in [-0.15, -0.1) is 0 Å². The minimum absolute atomic E-state index is 0.250. The highest BCUT2D eigenvalue weighted by Crippen LogP contribution is 2.29. The van der Waals surface area contributed by atoms with Crippen LogP contribution in [0.2, 0.25) is 5.02 Å². The molecule has 0 fully saturated rings. The molecule has 0 spiro atoms. The topological polar surface area (TPSA) is 21.3 Å². The summed E-state index contributed by atoms with van der Waals surface area (Å²) in [7, 11) is 1.94. The zero-order valence-electron chi connectivity index (χ0n) is 11.1. The quantitative estimate of drug-likeness (QED) is 0.823. The number of benzene rings is 1. The SMILES string of the molecule is CCC(CC)Oc1ccc(C(C)NC)cc1Cl. The van der Waals surface area contributed by atoms with Crippen molar-refractivity contribution in [3.63, 3.8) is 0 Å². The van der Waals surface area contributed by atoms with E-state index in [1.807, 2.05) is 19.2 Å². The second-order valence-electron chi connectivity index (χ2n) is 4.26. The third-order valence-corrected chi connectivity index (χ3v) is 3.39. The first-order valence-electron chi connectivity index (χ1n) is 6.25. The van der Waals surface area contributed by atoms with Crippen molar-refractivity contribution in [2.24, 2.45) is 0 Å². The summed E-state index contributed by atoms with van der Waals surface area (Å²) in [5.41, 5.74) is 1.18. The number of halogens is 1. The van der Waals surface area contributed by atoms with Crippen molar-refractivity contribution in [2.75, 3.05) is 7.05 Å².